The second kappa shape index (κ2) is 6.70. The minimum absolute atomic E-state index is 0.101. The van der Waals surface area contributed by atoms with E-state index in [0.717, 1.165) is 18.5 Å². The highest BCUT2D eigenvalue weighted by atomic mass is 32.1. The highest BCUT2D eigenvalue weighted by Crippen LogP contribution is 2.23. The van der Waals surface area contributed by atoms with Gasteiger partial charge in [-0.3, -0.25) is 4.79 Å². The van der Waals surface area contributed by atoms with Crippen molar-refractivity contribution in [1.29, 1.82) is 0 Å². The quantitative estimate of drug-likeness (QED) is 0.885. The van der Waals surface area contributed by atoms with Crippen LogP contribution in [0.1, 0.15) is 22.1 Å². The smallest absolute Gasteiger partial charge is 0.236 e. The fourth-order valence-electron chi connectivity index (χ4n) is 2.47. The van der Waals surface area contributed by atoms with E-state index in [1.165, 1.54) is 10.4 Å². The van der Waals surface area contributed by atoms with Gasteiger partial charge in [0.15, 0.2) is 0 Å². The first kappa shape index (κ1) is 14.7. The van der Waals surface area contributed by atoms with Crippen LogP contribution >= 0.6 is 22.7 Å². The van der Waals surface area contributed by atoms with E-state index in [1.807, 2.05) is 21.7 Å². The molecule has 0 fully saturated rings. The molecule has 0 radical (unpaired) electrons. The second-order valence-electron chi connectivity index (χ2n) is 5.14. The highest BCUT2D eigenvalue weighted by Gasteiger charge is 2.21. The number of amides is 1. The lowest BCUT2D eigenvalue weighted by atomic mass is 10.1. The molecule has 2 aromatic rings. The number of rotatable bonds is 5. The lowest BCUT2D eigenvalue weighted by Crippen LogP contribution is -2.41. The number of aliphatic hydroxyl groups excluding tert-OH is 1. The second-order valence-corrected chi connectivity index (χ2v) is 6.92. The zero-order valence-corrected chi connectivity index (χ0v) is 13.3. The molecule has 2 N–H and O–H groups in total. The summed E-state index contributed by atoms with van der Waals surface area (Å²) in [6.45, 7) is 2.19. The summed E-state index contributed by atoms with van der Waals surface area (Å²) in [6, 6.07) is 4.01. The van der Waals surface area contributed by atoms with E-state index in [-0.39, 0.29) is 12.5 Å². The number of aliphatic hydroxyl groups is 1. The third-order valence-electron chi connectivity index (χ3n) is 3.70. The number of hydrogen-bond acceptors (Lipinski definition) is 5. The molecule has 0 aliphatic carbocycles. The number of nitrogens with zero attached hydrogens (tertiary/aromatic N) is 1. The van der Waals surface area contributed by atoms with Crippen molar-refractivity contribution in [3.63, 3.8) is 0 Å². The van der Waals surface area contributed by atoms with Crippen LogP contribution in [-0.2, 0) is 17.8 Å². The molecule has 1 aliphatic rings. The molecule has 0 aromatic carbocycles. The molecule has 0 spiro atoms. The van der Waals surface area contributed by atoms with Gasteiger partial charge >= 0.3 is 0 Å². The third kappa shape index (κ3) is 3.52. The minimum atomic E-state index is -0.547. The Bertz CT molecular complexity index is 595. The zero-order chi connectivity index (χ0) is 14.7. The molecule has 1 amide bonds. The predicted molar refractivity (Wildman–Crippen MR) is 85.6 cm³/mol. The van der Waals surface area contributed by atoms with Crippen molar-refractivity contribution < 1.29 is 9.90 Å². The molecule has 1 atom stereocenters. The van der Waals surface area contributed by atoms with Crippen molar-refractivity contribution in [2.24, 2.45) is 0 Å². The van der Waals surface area contributed by atoms with Gasteiger partial charge in [-0.2, -0.15) is 11.3 Å². The lowest BCUT2D eigenvalue weighted by molar-refractivity contribution is -0.131. The average Bonchev–Trinajstić information content (AvgIpc) is 3.17. The van der Waals surface area contributed by atoms with Gasteiger partial charge < -0.3 is 15.3 Å². The van der Waals surface area contributed by atoms with E-state index in [1.54, 1.807) is 22.7 Å². The van der Waals surface area contributed by atoms with Gasteiger partial charge in [-0.15, -0.1) is 11.3 Å². The third-order valence-corrected chi connectivity index (χ3v) is 5.43. The molecule has 4 nitrogen and oxygen atoms in total. The Labute approximate surface area is 132 Å². The summed E-state index contributed by atoms with van der Waals surface area (Å²) in [4.78, 5) is 15.5. The van der Waals surface area contributed by atoms with Crippen LogP contribution < -0.4 is 5.32 Å². The first-order valence-corrected chi connectivity index (χ1v) is 8.80. The summed E-state index contributed by atoms with van der Waals surface area (Å²) in [7, 11) is 0. The van der Waals surface area contributed by atoms with Crippen LogP contribution in [0.15, 0.2) is 28.3 Å². The summed E-state index contributed by atoms with van der Waals surface area (Å²) >= 11 is 3.34. The lowest BCUT2D eigenvalue weighted by Gasteiger charge is -2.27. The van der Waals surface area contributed by atoms with Crippen LogP contribution in [0.3, 0.4) is 0 Å². The van der Waals surface area contributed by atoms with E-state index >= 15 is 0 Å². The Hall–Kier alpha value is -1.21. The fourth-order valence-corrected chi connectivity index (χ4v) is 4.07. The van der Waals surface area contributed by atoms with Crippen molar-refractivity contribution in [2.45, 2.75) is 19.1 Å². The molecule has 1 aliphatic heterocycles. The maximum atomic E-state index is 12.2. The monoisotopic (exact) mass is 322 g/mol. The van der Waals surface area contributed by atoms with Crippen molar-refractivity contribution in [1.82, 2.24) is 10.2 Å². The summed E-state index contributed by atoms with van der Waals surface area (Å²) in [5.74, 6) is 0.101. The van der Waals surface area contributed by atoms with Crippen LogP contribution in [0.25, 0.3) is 0 Å². The summed E-state index contributed by atoms with van der Waals surface area (Å²) in [6.07, 6.45) is 0.407. The van der Waals surface area contributed by atoms with Crippen molar-refractivity contribution in [2.75, 3.05) is 19.6 Å². The number of thiophene rings is 2. The Kier molecular flexibility index (Phi) is 4.70. The Morgan fingerprint density at radius 2 is 2.33 bits per heavy atom. The summed E-state index contributed by atoms with van der Waals surface area (Å²) in [5.41, 5.74) is 2.18. The first-order chi connectivity index (χ1) is 10.2. The zero-order valence-electron chi connectivity index (χ0n) is 11.6. The molecule has 1 unspecified atom stereocenters. The number of fused-ring (bicyclic) bond motifs is 1. The number of nitrogens with one attached hydrogen (secondary N) is 1. The van der Waals surface area contributed by atoms with Gasteiger partial charge in [-0.05, 0) is 45.8 Å². The van der Waals surface area contributed by atoms with Gasteiger partial charge in [0, 0.05) is 24.5 Å². The first-order valence-electron chi connectivity index (χ1n) is 6.98. The molecular formula is C15H18N2O2S2. The van der Waals surface area contributed by atoms with E-state index in [0.29, 0.717) is 13.1 Å². The molecule has 21 heavy (non-hydrogen) atoms. The van der Waals surface area contributed by atoms with Crippen LogP contribution in [0, 0.1) is 0 Å². The number of carbonyl (C=O) groups excluding carboxylic acids is 1. The maximum Gasteiger partial charge on any atom is 0.236 e. The van der Waals surface area contributed by atoms with Gasteiger partial charge in [0.05, 0.1) is 12.6 Å². The van der Waals surface area contributed by atoms with Gasteiger partial charge in [-0.1, -0.05) is 0 Å². The SMILES string of the molecule is O=C(CNCC(O)c1ccsc1)N1CCc2sccc2C1. The van der Waals surface area contributed by atoms with Crippen LogP contribution in [-0.4, -0.2) is 35.5 Å². The molecule has 3 rings (SSSR count). The summed E-state index contributed by atoms with van der Waals surface area (Å²) < 4.78 is 0. The largest absolute Gasteiger partial charge is 0.387 e. The standard InChI is InChI=1S/C15H18N2O2S2/c18-13(12-2-5-20-10-12)7-16-8-15(19)17-4-1-14-11(9-17)3-6-21-14/h2-3,5-6,10,13,16,18H,1,4,7-9H2. The highest BCUT2D eigenvalue weighted by molar-refractivity contribution is 7.10. The van der Waals surface area contributed by atoms with E-state index in [4.69, 9.17) is 0 Å². The fraction of sp³-hybridized carbons (Fsp3) is 0.400. The minimum Gasteiger partial charge on any atom is -0.387 e. The Morgan fingerprint density at radius 3 is 3.14 bits per heavy atom. The maximum absolute atomic E-state index is 12.2. The van der Waals surface area contributed by atoms with Crippen molar-refractivity contribution >= 4 is 28.6 Å². The normalized spacial score (nSPS) is 15.8. The van der Waals surface area contributed by atoms with Gasteiger partial charge in [0.2, 0.25) is 5.91 Å². The molecule has 3 heterocycles. The molecule has 6 heteroatoms. The molecular weight excluding hydrogens is 304 g/mol. The Balaban J connectivity index is 1.45. The number of hydrogen-bond donors (Lipinski definition) is 2. The average molecular weight is 322 g/mol. The van der Waals surface area contributed by atoms with Crippen molar-refractivity contribution in [3.05, 3.63) is 44.3 Å². The topological polar surface area (TPSA) is 52.6 Å². The predicted octanol–water partition coefficient (Wildman–Crippen LogP) is 2.02. The molecule has 0 bridgehead atoms. The van der Waals surface area contributed by atoms with Crippen LogP contribution in [0.5, 0.6) is 0 Å². The Morgan fingerprint density at radius 1 is 1.43 bits per heavy atom. The van der Waals surface area contributed by atoms with Crippen LogP contribution in [0.2, 0.25) is 0 Å². The van der Waals surface area contributed by atoms with Gasteiger partial charge in [-0.25, -0.2) is 0 Å². The van der Waals surface area contributed by atoms with Gasteiger partial charge in [0.1, 0.15) is 0 Å². The molecule has 0 saturated heterocycles. The van der Waals surface area contributed by atoms with Gasteiger partial charge in [0.25, 0.3) is 0 Å². The number of carbonyl (C=O) groups is 1. The van der Waals surface area contributed by atoms with E-state index < -0.39 is 6.10 Å². The molecule has 112 valence electrons. The van der Waals surface area contributed by atoms with E-state index in [2.05, 4.69) is 16.8 Å². The summed E-state index contributed by atoms with van der Waals surface area (Å²) in [5, 5.41) is 19.0. The van der Waals surface area contributed by atoms with Crippen LogP contribution in [0.4, 0.5) is 0 Å². The molecule has 2 aromatic heterocycles. The molecule has 0 saturated carbocycles. The van der Waals surface area contributed by atoms with Crippen molar-refractivity contribution in [3.8, 4) is 0 Å². The van der Waals surface area contributed by atoms with E-state index in [9.17, 15) is 9.90 Å².